The first kappa shape index (κ1) is 43.5. The van der Waals surface area contributed by atoms with Gasteiger partial charge < -0.3 is 14.9 Å². The molecule has 0 saturated heterocycles. The maximum atomic E-state index is 12.2. The summed E-state index contributed by atoms with van der Waals surface area (Å²) in [5.41, 5.74) is 18.0. The van der Waals surface area contributed by atoms with Crippen LogP contribution in [0.1, 0.15) is 54.2 Å². The number of sulfonamides is 1. The van der Waals surface area contributed by atoms with Gasteiger partial charge in [0.15, 0.2) is 0 Å². The quantitative estimate of drug-likeness (QED) is 0.103. The van der Waals surface area contributed by atoms with E-state index >= 15 is 0 Å². The number of aryl methyl sites for hydroxylation is 1. The van der Waals surface area contributed by atoms with Gasteiger partial charge in [-0.25, -0.2) is 13.6 Å². The fourth-order valence-corrected chi connectivity index (χ4v) is 9.73. The molecule has 9 heteroatoms. The number of amidine groups is 1. The molecule has 0 atom stereocenters. The van der Waals surface area contributed by atoms with E-state index < -0.39 is 10.0 Å². The van der Waals surface area contributed by atoms with Crippen LogP contribution in [-0.2, 0) is 28.5 Å². The number of nitrogens with one attached hydrogen (secondary N) is 1. The number of nitrogens with two attached hydrogens (primary N) is 2. The average Bonchev–Trinajstić information content (AvgIpc) is 3.88. The maximum absolute atomic E-state index is 12.2. The minimum absolute atomic E-state index is 0.0540. The van der Waals surface area contributed by atoms with Gasteiger partial charge in [0.2, 0.25) is 10.0 Å². The van der Waals surface area contributed by atoms with Crippen LogP contribution in [-0.4, -0.2) is 23.4 Å². The lowest BCUT2D eigenvalue weighted by Gasteiger charge is -2.18. The molecule has 0 spiro atoms. The molecule has 10 aromatic rings. The van der Waals surface area contributed by atoms with Gasteiger partial charge in [0.05, 0.1) is 16.5 Å². The molecular formula is C57H50N6O2S. The molecule has 0 fully saturated rings. The Balaban J connectivity index is 0.000000171. The number of nitriles is 1. The molecule has 5 N–H and O–H groups in total. The van der Waals surface area contributed by atoms with Crippen LogP contribution in [0.25, 0.3) is 65.6 Å². The van der Waals surface area contributed by atoms with Crippen molar-refractivity contribution in [3.63, 3.8) is 0 Å². The number of nitrogens with zero attached hydrogens (tertiary/aromatic N) is 3. The lowest BCUT2D eigenvalue weighted by Crippen LogP contribution is -2.13. The van der Waals surface area contributed by atoms with Crippen molar-refractivity contribution < 1.29 is 8.42 Å². The summed E-state index contributed by atoms with van der Waals surface area (Å²) in [7, 11) is -3.86. The van der Waals surface area contributed by atoms with Crippen molar-refractivity contribution in [3.05, 3.63) is 210 Å². The molecule has 326 valence electrons. The van der Waals surface area contributed by atoms with E-state index in [0.717, 1.165) is 50.1 Å². The highest BCUT2D eigenvalue weighted by molar-refractivity contribution is 7.89. The highest BCUT2D eigenvalue weighted by Crippen LogP contribution is 2.37. The Bertz CT molecular complexity index is 3680. The Morgan fingerprint density at radius 3 is 1.91 bits per heavy atom. The van der Waals surface area contributed by atoms with Gasteiger partial charge in [-0.05, 0) is 140 Å². The van der Waals surface area contributed by atoms with Crippen LogP contribution in [0, 0.1) is 23.7 Å². The van der Waals surface area contributed by atoms with Gasteiger partial charge >= 0.3 is 0 Å². The number of hydrogen-bond acceptors (Lipinski definition) is 4. The van der Waals surface area contributed by atoms with E-state index in [1.807, 2.05) is 48.5 Å². The summed E-state index contributed by atoms with van der Waals surface area (Å²) in [5, 5.41) is 29.2. The van der Waals surface area contributed by atoms with E-state index in [1.165, 1.54) is 38.7 Å². The summed E-state index contributed by atoms with van der Waals surface area (Å²) in [6.07, 6.45) is 4.35. The van der Waals surface area contributed by atoms with Crippen molar-refractivity contribution in [1.29, 1.82) is 10.7 Å². The molecule has 10 rings (SSSR count). The van der Waals surface area contributed by atoms with E-state index in [9.17, 15) is 8.42 Å². The second kappa shape index (κ2) is 17.3. The van der Waals surface area contributed by atoms with E-state index in [1.54, 1.807) is 18.2 Å². The number of aromatic nitrogens is 2. The van der Waals surface area contributed by atoms with Crippen molar-refractivity contribution in [3.8, 4) is 28.3 Å². The maximum Gasteiger partial charge on any atom is 0.238 e. The van der Waals surface area contributed by atoms with Crippen LogP contribution in [0.2, 0.25) is 0 Å². The third-order valence-corrected chi connectivity index (χ3v) is 13.3. The monoisotopic (exact) mass is 882 g/mol. The number of fused-ring (bicyclic) bond motifs is 4. The fraction of sp³-hybridized carbons (Fsp3) is 0.123. The highest BCUT2D eigenvalue weighted by atomic mass is 32.2. The van der Waals surface area contributed by atoms with E-state index in [2.05, 4.69) is 152 Å². The van der Waals surface area contributed by atoms with E-state index in [4.69, 9.17) is 21.5 Å². The SMILES string of the molecule is CC(C)(C)c1cn(Cc2ccc3ccc(C(=N)N)cc3c2)c2ccc(-c3ccccc3S(N)(=O)=O)cc12.Cc1ccccc1-c1ccc2c(ccn2Cc2ccc3ccc(C#N)cc3c2)c1. The molecule has 0 saturated carbocycles. The fourth-order valence-electron chi connectivity index (χ4n) is 8.97. The van der Waals surface area contributed by atoms with Crippen LogP contribution >= 0.6 is 0 Å². The molecular weight excluding hydrogens is 833 g/mol. The van der Waals surface area contributed by atoms with Crippen molar-refractivity contribution in [2.45, 2.75) is 51.1 Å². The predicted molar refractivity (Wildman–Crippen MR) is 271 cm³/mol. The van der Waals surface area contributed by atoms with Gasteiger partial charge in [0.25, 0.3) is 0 Å². The second-order valence-corrected chi connectivity index (χ2v) is 19.6. The molecule has 66 heavy (non-hydrogen) atoms. The zero-order chi connectivity index (χ0) is 46.3. The van der Waals surface area contributed by atoms with Crippen LogP contribution in [0.4, 0.5) is 0 Å². The number of hydrogen-bond donors (Lipinski definition) is 3. The topological polar surface area (TPSA) is 144 Å². The van der Waals surface area contributed by atoms with Crippen molar-refractivity contribution in [2.75, 3.05) is 0 Å². The lowest BCUT2D eigenvalue weighted by molar-refractivity contribution is 0.592. The Hall–Kier alpha value is -7.77. The summed E-state index contributed by atoms with van der Waals surface area (Å²) < 4.78 is 29.0. The van der Waals surface area contributed by atoms with Gasteiger partial charge in [-0.1, -0.05) is 118 Å². The van der Waals surface area contributed by atoms with Gasteiger partial charge in [-0.2, -0.15) is 5.26 Å². The molecule has 0 aliphatic carbocycles. The Morgan fingerprint density at radius 2 is 1.24 bits per heavy atom. The first-order valence-corrected chi connectivity index (χ1v) is 23.4. The summed E-state index contributed by atoms with van der Waals surface area (Å²) in [6.45, 7) is 10.2. The average molecular weight is 883 g/mol. The van der Waals surface area contributed by atoms with Crippen LogP contribution < -0.4 is 10.9 Å². The molecule has 0 aliphatic rings. The predicted octanol–water partition coefficient (Wildman–Crippen LogP) is 12.4. The number of benzene rings is 8. The summed E-state index contributed by atoms with van der Waals surface area (Å²) in [6, 6.07) is 57.0. The minimum Gasteiger partial charge on any atom is -0.384 e. The van der Waals surface area contributed by atoms with Gasteiger partial charge in [-0.3, -0.25) is 5.41 Å². The van der Waals surface area contributed by atoms with Crippen molar-refractivity contribution in [2.24, 2.45) is 10.9 Å². The van der Waals surface area contributed by atoms with E-state index in [0.29, 0.717) is 23.2 Å². The van der Waals surface area contributed by atoms with E-state index in [-0.39, 0.29) is 16.1 Å². The standard InChI is InChI=1S/C30H30N4O2S.C27H20N2/c1-30(2,3)26-18-34(17-19-8-9-20-10-11-22(29(31)32)15-23(20)14-19)27-13-12-21(16-25(26)27)24-6-4-5-7-28(24)37(33,35)36;1-19-4-2-3-5-26(19)23-10-11-27-24(16-23)12-13-29(27)18-21-7-9-22-8-6-20(17-28)14-25(22)15-21/h4-16,18H,17H2,1-3H3,(H3,31,32)(H2,33,35,36);2-16H,18H2,1H3. The third-order valence-electron chi connectivity index (χ3n) is 12.4. The van der Waals surface area contributed by atoms with Crippen molar-refractivity contribution >= 4 is 59.2 Å². The van der Waals surface area contributed by atoms with Gasteiger partial charge in [-0.15, -0.1) is 0 Å². The Labute approximate surface area is 385 Å². The molecule has 8 aromatic carbocycles. The van der Waals surface area contributed by atoms with Crippen LogP contribution in [0.15, 0.2) is 181 Å². The first-order valence-electron chi connectivity index (χ1n) is 21.8. The molecule has 0 amide bonds. The summed E-state index contributed by atoms with van der Waals surface area (Å²) in [4.78, 5) is 0.118. The largest absolute Gasteiger partial charge is 0.384 e. The number of nitrogen functional groups attached to an aromatic ring is 1. The molecule has 2 aromatic heterocycles. The Kier molecular flexibility index (Phi) is 11.4. The molecule has 2 heterocycles. The third kappa shape index (κ3) is 8.85. The zero-order valence-corrected chi connectivity index (χ0v) is 38.2. The first-order chi connectivity index (χ1) is 31.6. The van der Waals surface area contributed by atoms with Gasteiger partial charge in [0.1, 0.15) is 5.84 Å². The normalized spacial score (nSPS) is 11.8. The molecule has 0 bridgehead atoms. The van der Waals surface area contributed by atoms with Crippen molar-refractivity contribution in [1.82, 2.24) is 9.13 Å². The number of primary sulfonamides is 1. The van der Waals surface area contributed by atoms with Gasteiger partial charge in [0, 0.05) is 58.4 Å². The summed E-state index contributed by atoms with van der Waals surface area (Å²) in [5.74, 6) is 0.0540. The highest BCUT2D eigenvalue weighted by Gasteiger charge is 2.22. The second-order valence-electron chi connectivity index (χ2n) is 18.0. The Morgan fingerprint density at radius 1 is 0.636 bits per heavy atom. The lowest BCUT2D eigenvalue weighted by atomic mass is 9.86. The summed E-state index contributed by atoms with van der Waals surface area (Å²) >= 11 is 0. The minimum atomic E-state index is -3.86. The van der Waals surface area contributed by atoms with Crippen LogP contribution in [0.5, 0.6) is 0 Å². The molecule has 0 radical (unpaired) electrons. The van der Waals surface area contributed by atoms with Crippen LogP contribution in [0.3, 0.4) is 0 Å². The number of rotatable bonds is 8. The molecule has 0 unspecified atom stereocenters. The molecule has 0 aliphatic heterocycles. The zero-order valence-electron chi connectivity index (χ0n) is 37.4. The molecule has 8 nitrogen and oxygen atoms in total. The smallest absolute Gasteiger partial charge is 0.238 e.